The molecule has 2 aromatic heterocycles. The molecule has 0 unspecified atom stereocenters. The van der Waals surface area contributed by atoms with Crippen LogP contribution in [0, 0.1) is 19.8 Å². The van der Waals surface area contributed by atoms with Crippen molar-refractivity contribution in [3.8, 4) is 0 Å². The summed E-state index contributed by atoms with van der Waals surface area (Å²) >= 11 is 1.66. The highest BCUT2D eigenvalue weighted by molar-refractivity contribution is 7.07. The Bertz CT molecular complexity index is 996. The number of thiophene rings is 1. The predicted octanol–water partition coefficient (Wildman–Crippen LogP) is 4.25. The van der Waals surface area contributed by atoms with Gasteiger partial charge in [-0.05, 0) is 86.9 Å². The highest BCUT2D eigenvalue weighted by atomic mass is 32.1. The van der Waals surface area contributed by atoms with Crippen LogP contribution in [0.1, 0.15) is 66.2 Å². The Morgan fingerprint density at radius 1 is 1.26 bits per heavy atom. The van der Waals surface area contributed by atoms with E-state index in [1.807, 2.05) is 4.90 Å². The van der Waals surface area contributed by atoms with E-state index in [0.717, 1.165) is 45.2 Å². The van der Waals surface area contributed by atoms with Crippen molar-refractivity contribution in [2.45, 2.75) is 77.5 Å². The molecule has 0 radical (unpaired) electrons. The number of likely N-dealkylation sites (tertiary alicyclic amines) is 1. The summed E-state index contributed by atoms with van der Waals surface area (Å²) < 4.78 is 13.4. The van der Waals surface area contributed by atoms with Crippen LogP contribution in [0.2, 0.25) is 0 Å². The Hall–Kier alpha value is -2.52. The normalized spacial score (nSPS) is 17.7. The van der Waals surface area contributed by atoms with Crippen LogP contribution < -0.4 is 10.6 Å². The number of piperidine rings is 1. The van der Waals surface area contributed by atoms with Gasteiger partial charge in [-0.15, -0.1) is 0 Å². The Morgan fingerprint density at radius 3 is 2.63 bits per heavy atom. The van der Waals surface area contributed by atoms with Crippen molar-refractivity contribution in [1.82, 2.24) is 25.4 Å². The molecule has 0 aromatic carbocycles. The number of hydrogen-bond donors (Lipinski definition) is 2. The zero-order valence-electron chi connectivity index (χ0n) is 20.8. The number of nitrogens with one attached hydrogen (secondary N) is 2. The van der Waals surface area contributed by atoms with Crippen LogP contribution in [-0.4, -0.2) is 64.5 Å². The van der Waals surface area contributed by atoms with Gasteiger partial charge in [-0.3, -0.25) is 4.79 Å². The molecule has 1 saturated carbocycles. The van der Waals surface area contributed by atoms with E-state index in [-0.39, 0.29) is 18.0 Å². The molecule has 9 heteroatoms. The third-order valence-corrected chi connectivity index (χ3v) is 7.84. The number of urea groups is 1. The number of nitrogens with zero attached hydrogens (tertiary/aromatic N) is 3. The lowest BCUT2D eigenvalue weighted by Gasteiger charge is -2.40. The smallest absolute Gasteiger partial charge is 0.318 e. The number of amides is 3. The zero-order valence-corrected chi connectivity index (χ0v) is 21.7. The van der Waals surface area contributed by atoms with Gasteiger partial charge in [0.25, 0.3) is 5.91 Å². The van der Waals surface area contributed by atoms with Gasteiger partial charge in [0, 0.05) is 44.3 Å². The molecular weight excluding hydrogens is 465 g/mol. The number of aryl methyl sites for hydroxylation is 2. The van der Waals surface area contributed by atoms with E-state index in [0.29, 0.717) is 42.0 Å². The standard InChI is InChI=1S/C26H36FN5O2S/c1-17-14-23(27)29-19(3)24(17)25(33)28-10-6-18(2)31-11-7-22(8-12-31)32(15-20-9-13-35-16-20)26(34)30-21-4-5-21/h9,13-14,16,18,21-22H,4-8,10-12,15H2,1-3H3,(H,28,33)(H,30,34)/t18-/m1/s1. The van der Waals surface area contributed by atoms with E-state index in [1.54, 1.807) is 25.2 Å². The molecule has 1 atom stereocenters. The van der Waals surface area contributed by atoms with Crippen LogP contribution in [0.15, 0.2) is 22.9 Å². The number of carbonyl (C=O) groups excluding carboxylic acids is 2. The molecule has 1 aliphatic heterocycles. The van der Waals surface area contributed by atoms with Gasteiger partial charge in [0.2, 0.25) is 5.95 Å². The summed E-state index contributed by atoms with van der Waals surface area (Å²) in [5, 5.41) is 10.3. The molecule has 2 N–H and O–H groups in total. The molecule has 7 nitrogen and oxygen atoms in total. The van der Waals surface area contributed by atoms with Crippen LogP contribution in [-0.2, 0) is 6.54 Å². The van der Waals surface area contributed by atoms with E-state index in [2.05, 4.69) is 44.3 Å². The minimum Gasteiger partial charge on any atom is -0.352 e. The zero-order chi connectivity index (χ0) is 24.9. The maximum absolute atomic E-state index is 13.4. The molecule has 1 saturated heterocycles. The van der Waals surface area contributed by atoms with Crippen molar-refractivity contribution in [1.29, 1.82) is 0 Å². The molecule has 1 aliphatic carbocycles. The number of aromatic nitrogens is 1. The topological polar surface area (TPSA) is 77.6 Å². The van der Waals surface area contributed by atoms with Gasteiger partial charge in [0.05, 0.1) is 11.3 Å². The van der Waals surface area contributed by atoms with Crippen LogP contribution in [0.25, 0.3) is 0 Å². The maximum Gasteiger partial charge on any atom is 0.318 e. The van der Waals surface area contributed by atoms with Crippen LogP contribution in [0.5, 0.6) is 0 Å². The van der Waals surface area contributed by atoms with E-state index >= 15 is 0 Å². The number of pyridine rings is 1. The van der Waals surface area contributed by atoms with Crippen molar-refractivity contribution in [3.63, 3.8) is 0 Å². The monoisotopic (exact) mass is 501 g/mol. The van der Waals surface area contributed by atoms with Gasteiger partial charge in [0.1, 0.15) is 0 Å². The first-order chi connectivity index (χ1) is 16.8. The molecule has 2 aliphatic rings. The van der Waals surface area contributed by atoms with E-state index in [4.69, 9.17) is 0 Å². The third-order valence-electron chi connectivity index (χ3n) is 7.10. The van der Waals surface area contributed by atoms with E-state index in [1.165, 1.54) is 11.6 Å². The van der Waals surface area contributed by atoms with Crippen molar-refractivity contribution in [3.05, 3.63) is 51.2 Å². The number of hydrogen-bond acceptors (Lipinski definition) is 5. The van der Waals surface area contributed by atoms with Crippen molar-refractivity contribution >= 4 is 23.3 Å². The van der Waals surface area contributed by atoms with Crippen LogP contribution >= 0.6 is 11.3 Å². The number of carbonyl (C=O) groups is 2. The second-order valence-electron chi connectivity index (χ2n) is 9.87. The summed E-state index contributed by atoms with van der Waals surface area (Å²) in [5.41, 5.74) is 2.65. The molecule has 3 amide bonds. The van der Waals surface area contributed by atoms with Crippen LogP contribution in [0.4, 0.5) is 9.18 Å². The van der Waals surface area contributed by atoms with Gasteiger partial charge in [-0.1, -0.05) is 0 Å². The van der Waals surface area contributed by atoms with E-state index < -0.39 is 5.95 Å². The summed E-state index contributed by atoms with van der Waals surface area (Å²) in [6, 6.07) is 4.35. The largest absolute Gasteiger partial charge is 0.352 e. The maximum atomic E-state index is 13.4. The first-order valence-electron chi connectivity index (χ1n) is 12.6. The first-order valence-corrected chi connectivity index (χ1v) is 13.5. The minimum atomic E-state index is -0.563. The highest BCUT2D eigenvalue weighted by Crippen LogP contribution is 2.24. The average Bonchev–Trinajstić information content (AvgIpc) is 3.47. The van der Waals surface area contributed by atoms with Gasteiger partial charge in [-0.2, -0.15) is 15.7 Å². The molecule has 4 rings (SSSR count). The molecule has 2 aromatic rings. The summed E-state index contributed by atoms with van der Waals surface area (Å²) in [5.74, 6) is -0.767. The lowest BCUT2D eigenvalue weighted by molar-refractivity contribution is 0.0903. The third kappa shape index (κ3) is 6.79. The molecule has 190 valence electrons. The second-order valence-corrected chi connectivity index (χ2v) is 10.6. The molecule has 0 spiro atoms. The fourth-order valence-corrected chi connectivity index (χ4v) is 5.52. The molecule has 0 bridgehead atoms. The Balaban J connectivity index is 1.25. The van der Waals surface area contributed by atoms with Gasteiger partial charge < -0.3 is 20.4 Å². The SMILES string of the molecule is Cc1cc(F)nc(C)c1C(=O)NCC[C@@H](C)N1CCC(N(Cc2ccsc2)C(=O)NC2CC2)CC1. The first kappa shape index (κ1) is 25.6. The molecular formula is C26H36FN5O2S. The second kappa shape index (κ2) is 11.5. The highest BCUT2D eigenvalue weighted by Gasteiger charge is 2.32. The van der Waals surface area contributed by atoms with E-state index in [9.17, 15) is 14.0 Å². The van der Waals surface area contributed by atoms with Crippen LogP contribution in [0.3, 0.4) is 0 Å². The number of halogens is 1. The quantitative estimate of drug-likeness (QED) is 0.504. The summed E-state index contributed by atoms with van der Waals surface area (Å²) in [6.45, 7) is 8.63. The Morgan fingerprint density at radius 2 is 2.00 bits per heavy atom. The lowest BCUT2D eigenvalue weighted by atomic mass is 10.0. The fourth-order valence-electron chi connectivity index (χ4n) is 4.86. The molecule has 35 heavy (non-hydrogen) atoms. The van der Waals surface area contributed by atoms with Crippen molar-refractivity contribution in [2.24, 2.45) is 0 Å². The summed E-state index contributed by atoms with van der Waals surface area (Å²) in [4.78, 5) is 33.8. The number of rotatable bonds is 9. The Kier molecular flexibility index (Phi) is 8.38. The minimum absolute atomic E-state index is 0.0637. The summed E-state index contributed by atoms with van der Waals surface area (Å²) in [6.07, 6.45) is 4.88. The predicted molar refractivity (Wildman–Crippen MR) is 136 cm³/mol. The van der Waals surface area contributed by atoms with Crippen molar-refractivity contribution < 1.29 is 14.0 Å². The average molecular weight is 502 g/mol. The lowest BCUT2D eigenvalue weighted by Crippen LogP contribution is -2.52. The fraction of sp³-hybridized carbons (Fsp3) is 0.577. The van der Waals surface area contributed by atoms with Crippen molar-refractivity contribution in [2.75, 3.05) is 19.6 Å². The molecule has 2 fully saturated rings. The van der Waals surface area contributed by atoms with Gasteiger partial charge >= 0.3 is 6.03 Å². The van der Waals surface area contributed by atoms with Gasteiger partial charge in [0.15, 0.2) is 0 Å². The Labute approximate surface area is 211 Å². The summed E-state index contributed by atoms with van der Waals surface area (Å²) in [7, 11) is 0. The van der Waals surface area contributed by atoms with Gasteiger partial charge in [-0.25, -0.2) is 9.78 Å². The molecule has 3 heterocycles.